The minimum Gasteiger partial charge on any atom is -0.495 e. The molecule has 0 atom stereocenters. The van der Waals surface area contributed by atoms with Crippen molar-refractivity contribution in [1.82, 2.24) is 10.2 Å². The molecule has 0 bridgehead atoms. The summed E-state index contributed by atoms with van der Waals surface area (Å²) in [6.07, 6.45) is 2.12. The van der Waals surface area contributed by atoms with E-state index < -0.39 is 0 Å². The Kier molecular flexibility index (Phi) is 5.77. The van der Waals surface area contributed by atoms with Crippen molar-refractivity contribution in [3.63, 3.8) is 0 Å². The van der Waals surface area contributed by atoms with Crippen LogP contribution in [0.15, 0.2) is 24.3 Å². The van der Waals surface area contributed by atoms with E-state index in [4.69, 9.17) is 4.74 Å². The molecule has 0 spiro atoms. The van der Waals surface area contributed by atoms with E-state index in [-0.39, 0.29) is 24.9 Å². The summed E-state index contributed by atoms with van der Waals surface area (Å²) in [7, 11) is 1.56. The molecule has 1 aliphatic carbocycles. The third kappa shape index (κ3) is 5.04. The first-order chi connectivity index (χ1) is 10.6. The van der Waals surface area contributed by atoms with Gasteiger partial charge in [0.15, 0.2) is 0 Å². The second-order valence-corrected chi connectivity index (χ2v) is 5.39. The number of nitrogens with zero attached hydrogens (tertiary/aromatic N) is 1. The van der Waals surface area contributed by atoms with Crippen LogP contribution in [0.25, 0.3) is 0 Å². The first-order valence-corrected chi connectivity index (χ1v) is 7.57. The number of carbonyl (C=O) groups excluding carboxylic acids is 2. The largest absolute Gasteiger partial charge is 0.495 e. The molecule has 1 aromatic rings. The van der Waals surface area contributed by atoms with Crippen molar-refractivity contribution in [3.05, 3.63) is 24.3 Å². The van der Waals surface area contributed by atoms with Gasteiger partial charge in [0.2, 0.25) is 11.8 Å². The SMILES string of the molecule is CCN(CC(=O)Nc1ccccc1OC)CC(=O)NC1CC1. The molecule has 0 saturated heterocycles. The Bertz CT molecular complexity index is 529. The molecule has 0 unspecified atom stereocenters. The smallest absolute Gasteiger partial charge is 0.238 e. The Morgan fingerprint density at radius 3 is 2.55 bits per heavy atom. The molecule has 0 aliphatic heterocycles. The average molecular weight is 305 g/mol. The maximum Gasteiger partial charge on any atom is 0.238 e. The van der Waals surface area contributed by atoms with Crippen molar-refractivity contribution >= 4 is 17.5 Å². The van der Waals surface area contributed by atoms with Crippen LogP contribution in [0.2, 0.25) is 0 Å². The fourth-order valence-corrected chi connectivity index (χ4v) is 2.12. The third-order valence-electron chi connectivity index (χ3n) is 3.51. The zero-order valence-corrected chi connectivity index (χ0v) is 13.1. The second kappa shape index (κ2) is 7.79. The molecule has 0 aromatic heterocycles. The highest BCUT2D eigenvalue weighted by molar-refractivity contribution is 5.94. The van der Waals surface area contributed by atoms with Crippen molar-refractivity contribution in [2.75, 3.05) is 32.1 Å². The lowest BCUT2D eigenvalue weighted by molar-refractivity contribution is -0.123. The first-order valence-electron chi connectivity index (χ1n) is 7.57. The zero-order chi connectivity index (χ0) is 15.9. The molecule has 2 N–H and O–H groups in total. The number of para-hydroxylation sites is 2. The van der Waals surface area contributed by atoms with Crippen molar-refractivity contribution in [1.29, 1.82) is 0 Å². The van der Waals surface area contributed by atoms with Crippen LogP contribution in [0.4, 0.5) is 5.69 Å². The Balaban J connectivity index is 1.84. The van der Waals surface area contributed by atoms with Crippen LogP contribution in [0.1, 0.15) is 19.8 Å². The van der Waals surface area contributed by atoms with Crippen molar-refractivity contribution in [2.45, 2.75) is 25.8 Å². The van der Waals surface area contributed by atoms with Gasteiger partial charge >= 0.3 is 0 Å². The molecular formula is C16H23N3O3. The number of hydrogen-bond donors (Lipinski definition) is 2. The van der Waals surface area contributed by atoms with E-state index in [9.17, 15) is 9.59 Å². The Morgan fingerprint density at radius 1 is 1.23 bits per heavy atom. The zero-order valence-electron chi connectivity index (χ0n) is 13.1. The number of likely N-dealkylation sites (N-methyl/N-ethyl adjacent to an activating group) is 1. The summed E-state index contributed by atoms with van der Waals surface area (Å²) >= 11 is 0. The van der Waals surface area contributed by atoms with E-state index in [1.807, 2.05) is 24.0 Å². The maximum atomic E-state index is 12.1. The highest BCUT2D eigenvalue weighted by atomic mass is 16.5. The van der Waals surface area contributed by atoms with E-state index in [0.717, 1.165) is 12.8 Å². The molecule has 2 rings (SSSR count). The topological polar surface area (TPSA) is 70.7 Å². The Hall–Kier alpha value is -2.08. The minimum atomic E-state index is -0.162. The summed E-state index contributed by atoms with van der Waals surface area (Å²) in [6.45, 7) is 2.98. The number of amides is 2. The van der Waals surface area contributed by atoms with Crippen LogP contribution in [-0.4, -0.2) is 49.5 Å². The van der Waals surface area contributed by atoms with Crippen LogP contribution in [0, 0.1) is 0 Å². The van der Waals surface area contributed by atoms with Gasteiger partial charge in [-0.25, -0.2) is 0 Å². The molecule has 1 aromatic carbocycles. The average Bonchev–Trinajstić information content (AvgIpc) is 3.30. The van der Waals surface area contributed by atoms with Gasteiger partial charge in [-0.3, -0.25) is 14.5 Å². The summed E-state index contributed by atoms with van der Waals surface area (Å²) in [5, 5.41) is 5.74. The van der Waals surface area contributed by atoms with Gasteiger partial charge in [0.1, 0.15) is 5.75 Å². The van der Waals surface area contributed by atoms with Crippen molar-refractivity contribution < 1.29 is 14.3 Å². The highest BCUT2D eigenvalue weighted by Gasteiger charge is 2.24. The number of anilines is 1. The molecule has 2 amide bonds. The number of benzene rings is 1. The van der Waals surface area contributed by atoms with E-state index in [1.165, 1.54) is 0 Å². The maximum absolute atomic E-state index is 12.1. The lowest BCUT2D eigenvalue weighted by Gasteiger charge is -2.19. The summed E-state index contributed by atoms with van der Waals surface area (Å²) in [5.74, 6) is 0.436. The lowest BCUT2D eigenvalue weighted by atomic mass is 10.3. The van der Waals surface area contributed by atoms with E-state index >= 15 is 0 Å². The van der Waals surface area contributed by atoms with Gasteiger partial charge in [-0.05, 0) is 31.5 Å². The van der Waals surface area contributed by atoms with Gasteiger partial charge in [-0.1, -0.05) is 19.1 Å². The first kappa shape index (κ1) is 16.3. The molecule has 1 fully saturated rings. The Labute approximate surface area is 130 Å². The number of carbonyl (C=O) groups is 2. The van der Waals surface area contributed by atoms with Gasteiger partial charge in [0.25, 0.3) is 0 Å². The van der Waals surface area contributed by atoms with Crippen molar-refractivity contribution in [2.24, 2.45) is 0 Å². The van der Waals surface area contributed by atoms with Crippen LogP contribution in [0.5, 0.6) is 5.75 Å². The minimum absolute atomic E-state index is 0.0190. The molecule has 6 heteroatoms. The fourth-order valence-electron chi connectivity index (χ4n) is 2.12. The predicted octanol–water partition coefficient (Wildman–Crippen LogP) is 1.23. The van der Waals surface area contributed by atoms with Crippen LogP contribution >= 0.6 is 0 Å². The van der Waals surface area contributed by atoms with Gasteiger partial charge in [-0.15, -0.1) is 0 Å². The monoisotopic (exact) mass is 305 g/mol. The van der Waals surface area contributed by atoms with Gasteiger partial charge in [0.05, 0.1) is 25.9 Å². The molecule has 0 heterocycles. The standard InChI is InChI=1S/C16H23N3O3/c1-3-19(10-15(20)17-12-8-9-12)11-16(21)18-13-6-4-5-7-14(13)22-2/h4-7,12H,3,8-11H2,1-2H3,(H,17,20)(H,18,21). The fraction of sp³-hybridized carbons (Fsp3) is 0.500. The van der Waals surface area contributed by atoms with Gasteiger partial charge in [0, 0.05) is 6.04 Å². The number of nitrogens with one attached hydrogen (secondary N) is 2. The normalized spacial score (nSPS) is 13.8. The summed E-state index contributed by atoms with van der Waals surface area (Å²) in [6, 6.07) is 7.59. The van der Waals surface area contributed by atoms with E-state index in [1.54, 1.807) is 19.2 Å². The molecule has 0 radical (unpaired) electrons. The van der Waals surface area contributed by atoms with Crippen molar-refractivity contribution in [3.8, 4) is 5.75 Å². The summed E-state index contributed by atoms with van der Waals surface area (Å²) in [5.41, 5.74) is 0.633. The number of methoxy groups -OCH3 is 1. The molecule has 120 valence electrons. The van der Waals surface area contributed by atoms with E-state index in [0.29, 0.717) is 24.0 Å². The lowest BCUT2D eigenvalue weighted by Crippen LogP contribution is -2.41. The van der Waals surface area contributed by atoms with Gasteiger partial charge in [-0.2, -0.15) is 0 Å². The van der Waals surface area contributed by atoms with Crippen LogP contribution in [0.3, 0.4) is 0 Å². The second-order valence-electron chi connectivity index (χ2n) is 5.39. The number of ether oxygens (including phenoxy) is 1. The summed E-state index contributed by atoms with van der Waals surface area (Å²) < 4.78 is 5.20. The molecular weight excluding hydrogens is 282 g/mol. The van der Waals surface area contributed by atoms with Gasteiger partial charge < -0.3 is 15.4 Å². The highest BCUT2D eigenvalue weighted by Crippen LogP contribution is 2.22. The van der Waals surface area contributed by atoms with Crippen LogP contribution < -0.4 is 15.4 Å². The number of rotatable bonds is 8. The molecule has 1 saturated carbocycles. The molecule has 1 aliphatic rings. The summed E-state index contributed by atoms with van der Waals surface area (Å²) in [4.78, 5) is 25.7. The quantitative estimate of drug-likeness (QED) is 0.758. The number of hydrogen-bond acceptors (Lipinski definition) is 4. The third-order valence-corrected chi connectivity index (χ3v) is 3.51. The molecule has 22 heavy (non-hydrogen) atoms. The van der Waals surface area contributed by atoms with Crippen LogP contribution in [-0.2, 0) is 9.59 Å². The molecule has 6 nitrogen and oxygen atoms in total. The van der Waals surface area contributed by atoms with E-state index in [2.05, 4.69) is 10.6 Å². The predicted molar refractivity (Wildman–Crippen MR) is 84.9 cm³/mol. The Morgan fingerprint density at radius 2 is 1.91 bits per heavy atom.